The number of methoxy groups -OCH3 is 1. The first-order chi connectivity index (χ1) is 17.0. The van der Waals surface area contributed by atoms with Crippen molar-refractivity contribution in [3.63, 3.8) is 0 Å². The molecule has 0 fully saturated rings. The highest BCUT2D eigenvalue weighted by Gasteiger charge is 2.32. The normalized spacial score (nSPS) is 20.3. The second-order valence-electron chi connectivity index (χ2n) is 8.06. The van der Waals surface area contributed by atoms with Crippen LogP contribution < -0.4 is 25.8 Å². The van der Waals surface area contributed by atoms with Gasteiger partial charge in [0.15, 0.2) is 11.5 Å². The van der Waals surface area contributed by atoms with Gasteiger partial charge in [0, 0.05) is 17.8 Å². The number of aliphatic imine (C=N–C) groups is 1. The molecule has 182 valence electrons. The molecule has 3 unspecified atom stereocenters. The molecule has 10 heteroatoms. The first kappa shape index (κ1) is 24.1. The van der Waals surface area contributed by atoms with Gasteiger partial charge in [-0.2, -0.15) is 0 Å². The lowest BCUT2D eigenvalue weighted by Crippen LogP contribution is -2.48. The molecule has 4 rings (SSSR count). The fourth-order valence-corrected chi connectivity index (χ4v) is 4.03. The molecule has 1 amide bonds. The third-order valence-electron chi connectivity index (χ3n) is 5.85. The van der Waals surface area contributed by atoms with Crippen LogP contribution in [0.4, 0.5) is 4.39 Å². The van der Waals surface area contributed by atoms with E-state index in [-0.39, 0.29) is 30.1 Å². The van der Waals surface area contributed by atoms with Gasteiger partial charge in [-0.15, -0.1) is 0 Å². The van der Waals surface area contributed by atoms with E-state index >= 15 is 0 Å². The second kappa shape index (κ2) is 10.9. The molecule has 2 heterocycles. The number of carbonyl (C=O) groups is 1. The summed E-state index contributed by atoms with van der Waals surface area (Å²) in [5.74, 6) is 0.384. The van der Waals surface area contributed by atoms with E-state index in [0.29, 0.717) is 34.8 Å². The number of nitrogens with two attached hydrogens (primary N) is 1. The highest BCUT2D eigenvalue weighted by atomic mass is 19.1. The highest BCUT2D eigenvalue weighted by Crippen LogP contribution is 2.32. The van der Waals surface area contributed by atoms with Crippen LogP contribution in [0.1, 0.15) is 29.6 Å². The predicted molar refractivity (Wildman–Crippen MR) is 130 cm³/mol. The minimum absolute atomic E-state index is 0.00361. The molecule has 9 nitrogen and oxygen atoms in total. The van der Waals surface area contributed by atoms with Gasteiger partial charge in [0.2, 0.25) is 12.8 Å². The Labute approximate surface area is 202 Å². The lowest BCUT2D eigenvalue weighted by molar-refractivity contribution is -0.121. The number of amides is 1. The Balaban J connectivity index is 1.64. The first-order valence-corrected chi connectivity index (χ1v) is 11.1. The maximum absolute atomic E-state index is 13.0. The van der Waals surface area contributed by atoms with Crippen LogP contribution >= 0.6 is 0 Å². The van der Waals surface area contributed by atoms with Crippen LogP contribution in [0.15, 0.2) is 71.4 Å². The number of ether oxygens (including phenoxy) is 2. The average molecular weight is 479 g/mol. The number of hydrogen-bond donors (Lipinski definition) is 4. The Kier molecular flexibility index (Phi) is 7.51. The van der Waals surface area contributed by atoms with Gasteiger partial charge in [-0.05, 0) is 36.2 Å². The third kappa shape index (κ3) is 5.55. The lowest BCUT2D eigenvalue weighted by Gasteiger charge is -2.30. The molecule has 1 aliphatic heterocycles. The van der Waals surface area contributed by atoms with E-state index in [4.69, 9.17) is 20.6 Å². The fourth-order valence-electron chi connectivity index (χ4n) is 4.03. The van der Waals surface area contributed by atoms with E-state index in [1.54, 1.807) is 36.5 Å². The van der Waals surface area contributed by atoms with Gasteiger partial charge in [-0.1, -0.05) is 30.4 Å². The number of rotatable bonds is 9. The third-order valence-corrected chi connectivity index (χ3v) is 5.85. The molecule has 35 heavy (non-hydrogen) atoms. The van der Waals surface area contributed by atoms with Crippen molar-refractivity contribution in [1.29, 1.82) is 5.41 Å². The molecular weight excluding hydrogens is 451 g/mol. The Morgan fingerprint density at radius 1 is 1.34 bits per heavy atom. The number of nitrogens with one attached hydrogen (secondary N) is 3. The molecule has 1 aromatic heterocycles. The predicted octanol–water partition coefficient (Wildman–Crippen LogP) is 2.53. The maximum atomic E-state index is 13.0. The largest absolute Gasteiger partial charge is 0.493 e. The van der Waals surface area contributed by atoms with Crippen LogP contribution in [0.5, 0.6) is 11.5 Å². The first-order valence-electron chi connectivity index (χ1n) is 11.1. The number of pyridine rings is 1. The monoisotopic (exact) mass is 478 g/mol. The van der Waals surface area contributed by atoms with E-state index in [9.17, 15) is 9.18 Å². The summed E-state index contributed by atoms with van der Waals surface area (Å²) < 4.78 is 23.4. The number of amidine groups is 2. The summed E-state index contributed by atoms with van der Waals surface area (Å²) in [6.07, 6.45) is 7.80. The van der Waals surface area contributed by atoms with Gasteiger partial charge in [-0.25, -0.2) is 4.39 Å². The van der Waals surface area contributed by atoms with Crippen molar-refractivity contribution in [3.05, 3.63) is 77.7 Å². The second-order valence-corrected chi connectivity index (χ2v) is 8.06. The summed E-state index contributed by atoms with van der Waals surface area (Å²) in [5.41, 5.74) is 7.60. The zero-order chi connectivity index (χ0) is 24.8. The number of halogens is 1. The molecule has 0 bridgehead atoms. The van der Waals surface area contributed by atoms with E-state index in [1.807, 2.05) is 24.3 Å². The minimum Gasteiger partial charge on any atom is -0.493 e. The summed E-state index contributed by atoms with van der Waals surface area (Å²) in [5, 5.41) is 14.0. The van der Waals surface area contributed by atoms with E-state index in [0.717, 1.165) is 0 Å². The number of benzene rings is 1. The summed E-state index contributed by atoms with van der Waals surface area (Å²) in [6, 6.07) is 9.94. The minimum atomic E-state index is -1.01. The van der Waals surface area contributed by atoms with Crippen molar-refractivity contribution >= 4 is 17.6 Å². The number of nitrogens with zero attached hydrogens (tertiary/aromatic N) is 2. The summed E-state index contributed by atoms with van der Waals surface area (Å²) in [7, 11) is 1.48. The molecule has 0 spiro atoms. The van der Waals surface area contributed by atoms with Crippen LogP contribution in [0.25, 0.3) is 0 Å². The zero-order valence-corrected chi connectivity index (χ0v) is 19.2. The van der Waals surface area contributed by atoms with Gasteiger partial charge in [-0.3, -0.25) is 25.5 Å². The number of aromatic nitrogens is 1. The SMILES string of the molecule is COc1ccc(C(NC2C=CC(C(=N)N)=CC2)C2=NCC(c3ccccn3)C(=O)N2)cc1OCF. The van der Waals surface area contributed by atoms with Gasteiger partial charge < -0.3 is 20.5 Å². The Morgan fingerprint density at radius 3 is 2.83 bits per heavy atom. The highest BCUT2D eigenvalue weighted by molar-refractivity contribution is 6.05. The lowest BCUT2D eigenvalue weighted by atomic mass is 9.97. The van der Waals surface area contributed by atoms with E-state index < -0.39 is 18.8 Å². The van der Waals surface area contributed by atoms with Crippen LogP contribution in [0.3, 0.4) is 0 Å². The Hall–Kier alpha value is -4.05. The summed E-state index contributed by atoms with van der Waals surface area (Å²) >= 11 is 0. The molecule has 2 aliphatic rings. The molecule has 3 atom stereocenters. The van der Waals surface area contributed by atoms with Gasteiger partial charge >= 0.3 is 0 Å². The smallest absolute Gasteiger partial charge is 0.236 e. The van der Waals surface area contributed by atoms with Crippen molar-refractivity contribution < 1.29 is 18.7 Å². The van der Waals surface area contributed by atoms with Crippen molar-refractivity contribution in [2.75, 3.05) is 20.5 Å². The van der Waals surface area contributed by atoms with Crippen molar-refractivity contribution in [2.45, 2.75) is 24.4 Å². The van der Waals surface area contributed by atoms with Gasteiger partial charge in [0.05, 0.1) is 25.4 Å². The standard InChI is InChI=1S/C25H27FN6O3/c1-34-20-10-7-16(12-21(20)35-14-26)22(31-17-8-5-15(6-9-17)23(27)28)24-30-13-18(25(33)32-24)19-4-2-3-11-29-19/h2-8,10-12,17-18,22,31H,9,13-14H2,1H3,(H3,27,28)(H,30,32,33). The van der Waals surface area contributed by atoms with Crippen molar-refractivity contribution in [2.24, 2.45) is 10.7 Å². The number of hydrogen-bond acceptors (Lipinski definition) is 7. The summed E-state index contributed by atoms with van der Waals surface area (Å²) in [4.78, 5) is 22.0. The molecule has 2 aromatic rings. The van der Waals surface area contributed by atoms with Crippen molar-refractivity contribution in [3.8, 4) is 11.5 Å². The van der Waals surface area contributed by atoms with Crippen LogP contribution in [0.2, 0.25) is 0 Å². The molecule has 5 N–H and O–H groups in total. The fraction of sp³-hybridized carbons (Fsp3) is 0.280. The Bertz CT molecular complexity index is 1180. The van der Waals surface area contributed by atoms with Crippen molar-refractivity contribution in [1.82, 2.24) is 15.6 Å². The average Bonchev–Trinajstić information content (AvgIpc) is 2.88. The maximum Gasteiger partial charge on any atom is 0.236 e. The number of carbonyl (C=O) groups excluding carboxylic acids is 1. The molecule has 1 aromatic carbocycles. The molecule has 1 aliphatic carbocycles. The molecular formula is C25H27FN6O3. The van der Waals surface area contributed by atoms with E-state index in [2.05, 4.69) is 20.6 Å². The van der Waals surface area contributed by atoms with Gasteiger partial charge in [0.25, 0.3) is 0 Å². The van der Waals surface area contributed by atoms with Crippen LogP contribution in [-0.4, -0.2) is 49.1 Å². The van der Waals surface area contributed by atoms with Crippen LogP contribution in [-0.2, 0) is 4.79 Å². The molecule has 0 saturated carbocycles. The number of alkyl halides is 1. The van der Waals surface area contributed by atoms with Crippen LogP contribution in [0, 0.1) is 5.41 Å². The Morgan fingerprint density at radius 2 is 2.20 bits per heavy atom. The topological polar surface area (TPSA) is 135 Å². The summed E-state index contributed by atoms with van der Waals surface area (Å²) in [6.45, 7) is -0.763. The van der Waals surface area contributed by atoms with E-state index in [1.165, 1.54) is 7.11 Å². The molecule has 0 radical (unpaired) electrons. The van der Waals surface area contributed by atoms with Gasteiger partial charge in [0.1, 0.15) is 17.6 Å². The molecule has 0 saturated heterocycles. The quantitative estimate of drug-likeness (QED) is 0.323. The zero-order valence-electron chi connectivity index (χ0n) is 19.2.